The van der Waals surface area contributed by atoms with Gasteiger partial charge in [-0.3, -0.25) is 4.79 Å². The van der Waals surface area contributed by atoms with Crippen LogP contribution in [0.3, 0.4) is 0 Å². The van der Waals surface area contributed by atoms with Gasteiger partial charge in [-0.25, -0.2) is 0 Å². The zero-order chi connectivity index (χ0) is 17.0. The van der Waals surface area contributed by atoms with E-state index < -0.39 is 0 Å². The Balaban J connectivity index is 1.74. The Morgan fingerprint density at radius 1 is 0.917 bits per heavy atom. The number of ether oxygens (including phenoxy) is 3. The van der Waals surface area contributed by atoms with Crippen LogP contribution >= 0.6 is 0 Å². The van der Waals surface area contributed by atoms with E-state index in [0.717, 1.165) is 12.2 Å². The minimum Gasteiger partial charge on any atom is -0.490 e. The van der Waals surface area contributed by atoms with Crippen molar-refractivity contribution in [3.8, 4) is 11.5 Å². The zero-order valence-corrected chi connectivity index (χ0v) is 13.9. The highest BCUT2D eigenvalue weighted by Crippen LogP contribution is 2.14. The summed E-state index contributed by atoms with van der Waals surface area (Å²) in [6, 6.07) is 16.7. The van der Waals surface area contributed by atoms with Crippen molar-refractivity contribution in [2.45, 2.75) is 6.42 Å². The Labute approximate surface area is 142 Å². The average Bonchev–Trinajstić information content (AvgIpc) is 2.63. The summed E-state index contributed by atoms with van der Waals surface area (Å²) in [5.41, 5.74) is 0.578. The molecule has 1 N–H and O–H groups in total. The normalized spacial score (nSPS) is 10.2. The smallest absolute Gasteiger partial charge is 0.251 e. The number of carbonyl (C=O) groups is 1. The number of nitrogens with one attached hydrogen (secondary N) is 1. The third-order valence-corrected chi connectivity index (χ3v) is 3.27. The first kappa shape index (κ1) is 17.8. The van der Waals surface area contributed by atoms with E-state index in [1.54, 1.807) is 25.3 Å². The van der Waals surface area contributed by atoms with Crippen molar-refractivity contribution < 1.29 is 19.0 Å². The van der Waals surface area contributed by atoms with Crippen LogP contribution in [-0.2, 0) is 4.74 Å². The third kappa shape index (κ3) is 6.30. The van der Waals surface area contributed by atoms with Crippen LogP contribution in [0.4, 0.5) is 0 Å². The molecule has 0 aromatic heterocycles. The van der Waals surface area contributed by atoms with Gasteiger partial charge in [0.05, 0.1) is 0 Å². The van der Waals surface area contributed by atoms with E-state index in [4.69, 9.17) is 14.2 Å². The van der Waals surface area contributed by atoms with Crippen molar-refractivity contribution in [3.05, 3.63) is 60.2 Å². The summed E-state index contributed by atoms with van der Waals surface area (Å²) in [5, 5.41) is 2.85. The SMILES string of the molecule is COCCCNC(=O)c1cccc(OCCOc2ccccc2)c1. The lowest BCUT2D eigenvalue weighted by Crippen LogP contribution is -2.25. The number of amides is 1. The molecule has 0 saturated heterocycles. The number of para-hydroxylation sites is 1. The fourth-order valence-corrected chi connectivity index (χ4v) is 2.08. The average molecular weight is 329 g/mol. The van der Waals surface area contributed by atoms with Gasteiger partial charge in [-0.2, -0.15) is 0 Å². The van der Waals surface area contributed by atoms with Gasteiger partial charge in [0.25, 0.3) is 5.91 Å². The predicted octanol–water partition coefficient (Wildman–Crippen LogP) is 2.91. The van der Waals surface area contributed by atoms with Crippen LogP contribution in [0, 0.1) is 0 Å². The molecule has 1 amide bonds. The lowest BCUT2D eigenvalue weighted by molar-refractivity contribution is 0.0948. The molecule has 0 atom stereocenters. The summed E-state index contributed by atoms with van der Waals surface area (Å²) >= 11 is 0. The molecule has 24 heavy (non-hydrogen) atoms. The zero-order valence-electron chi connectivity index (χ0n) is 13.9. The van der Waals surface area contributed by atoms with Gasteiger partial charge < -0.3 is 19.5 Å². The van der Waals surface area contributed by atoms with Crippen LogP contribution in [0.5, 0.6) is 11.5 Å². The summed E-state index contributed by atoms with van der Waals surface area (Å²) in [5.74, 6) is 1.35. The number of methoxy groups -OCH3 is 1. The van der Waals surface area contributed by atoms with Gasteiger partial charge in [0, 0.05) is 25.8 Å². The maximum absolute atomic E-state index is 12.0. The molecule has 2 rings (SSSR count). The third-order valence-electron chi connectivity index (χ3n) is 3.27. The van der Waals surface area contributed by atoms with Crippen molar-refractivity contribution >= 4 is 5.91 Å². The second kappa shape index (κ2) is 10.3. The van der Waals surface area contributed by atoms with Gasteiger partial charge in [-0.1, -0.05) is 24.3 Å². The Hall–Kier alpha value is -2.53. The first-order valence-corrected chi connectivity index (χ1v) is 7.97. The summed E-state index contributed by atoms with van der Waals surface area (Å²) in [7, 11) is 1.64. The molecule has 128 valence electrons. The maximum Gasteiger partial charge on any atom is 0.251 e. The van der Waals surface area contributed by atoms with Crippen LogP contribution in [0.2, 0.25) is 0 Å². The fraction of sp³-hybridized carbons (Fsp3) is 0.316. The van der Waals surface area contributed by atoms with E-state index in [2.05, 4.69) is 5.32 Å². The number of carbonyl (C=O) groups excluding carboxylic acids is 1. The lowest BCUT2D eigenvalue weighted by atomic mass is 10.2. The number of rotatable bonds is 10. The van der Waals surface area contributed by atoms with Crippen molar-refractivity contribution in [2.24, 2.45) is 0 Å². The van der Waals surface area contributed by atoms with Crippen molar-refractivity contribution in [2.75, 3.05) is 33.5 Å². The van der Waals surface area contributed by atoms with E-state index in [0.29, 0.717) is 37.7 Å². The van der Waals surface area contributed by atoms with Gasteiger partial charge in [-0.05, 0) is 36.8 Å². The lowest BCUT2D eigenvalue weighted by Gasteiger charge is -2.10. The molecule has 0 aliphatic rings. The summed E-state index contributed by atoms with van der Waals surface area (Å²) in [6.07, 6.45) is 0.787. The molecule has 2 aromatic carbocycles. The molecule has 0 fully saturated rings. The standard InChI is InChI=1S/C19H23NO4/c1-22-12-6-11-20-19(21)16-7-5-10-18(15-16)24-14-13-23-17-8-3-2-4-9-17/h2-5,7-10,15H,6,11-14H2,1H3,(H,20,21). The van der Waals surface area contributed by atoms with Crippen LogP contribution in [0.25, 0.3) is 0 Å². The molecule has 0 spiro atoms. The molecular weight excluding hydrogens is 306 g/mol. The topological polar surface area (TPSA) is 56.8 Å². The molecular formula is C19H23NO4. The van der Waals surface area contributed by atoms with Crippen molar-refractivity contribution in [1.82, 2.24) is 5.32 Å². The Morgan fingerprint density at radius 3 is 2.38 bits per heavy atom. The molecule has 0 radical (unpaired) electrons. The first-order valence-electron chi connectivity index (χ1n) is 7.97. The monoisotopic (exact) mass is 329 g/mol. The minimum atomic E-state index is -0.114. The second-order valence-electron chi connectivity index (χ2n) is 5.14. The van der Waals surface area contributed by atoms with Crippen LogP contribution < -0.4 is 14.8 Å². The minimum absolute atomic E-state index is 0.114. The molecule has 0 heterocycles. The van der Waals surface area contributed by atoms with Gasteiger partial charge in [-0.15, -0.1) is 0 Å². The number of hydrogen-bond acceptors (Lipinski definition) is 4. The second-order valence-corrected chi connectivity index (χ2v) is 5.14. The molecule has 0 saturated carbocycles. The van der Waals surface area contributed by atoms with Gasteiger partial charge in [0.1, 0.15) is 24.7 Å². The molecule has 0 aliphatic carbocycles. The van der Waals surface area contributed by atoms with Gasteiger partial charge >= 0.3 is 0 Å². The maximum atomic E-state index is 12.0. The van der Waals surface area contributed by atoms with Crippen LogP contribution in [0.15, 0.2) is 54.6 Å². The Kier molecular flexibility index (Phi) is 7.63. The highest BCUT2D eigenvalue weighted by atomic mass is 16.5. The molecule has 5 heteroatoms. The van der Waals surface area contributed by atoms with E-state index in [1.807, 2.05) is 36.4 Å². The quantitative estimate of drug-likeness (QED) is 0.681. The molecule has 2 aromatic rings. The molecule has 0 aliphatic heterocycles. The number of hydrogen-bond donors (Lipinski definition) is 1. The predicted molar refractivity (Wildman–Crippen MR) is 92.7 cm³/mol. The van der Waals surface area contributed by atoms with Gasteiger partial charge in [0.15, 0.2) is 0 Å². The molecule has 5 nitrogen and oxygen atoms in total. The number of benzene rings is 2. The largest absolute Gasteiger partial charge is 0.490 e. The Morgan fingerprint density at radius 2 is 1.62 bits per heavy atom. The van der Waals surface area contributed by atoms with Crippen molar-refractivity contribution in [1.29, 1.82) is 0 Å². The molecule has 0 unspecified atom stereocenters. The van der Waals surface area contributed by atoms with Gasteiger partial charge in [0.2, 0.25) is 0 Å². The van der Waals surface area contributed by atoms with E-state index in [-0.39, 0.29) is 5.91 Å². The fourth-order valence-electron chi connectivity index (χ4n) is 2.08. The Bertz CT molecular complexity index is 616. The summed E-state index contributed by atoms with van der Waals surface area (Å²) in [4.78, 5) is 12.0. The first-order chi connectivity index (χ1) is 11.8. The van der Waals surface area contributed by atoms with Crippen LogP contribution in [-0.4, -0.2) is 39.4 Å². The van der Waals surface area contributed by atoms with E-state index >= 15 is 0 Å². The summed E-state index contributed by atoms with van der Waals surface area (Å²) < 4.78 is 16.2. The summed E-state index contributed by atoms with van der Waals surface area (Å²) in [6.45, 7) is 2.07. The van der Waals surface area contributed by atoms with E-state index in [1.165, 1.54) is 0 Å². The highest BCUT2D eigenvalue weighted by molar-refractivity contribution is 5.94. The van der Waals surface area contributed by atoms with Crippen molar-refractivity contribution in [3.63, 3.8) is 0 Å². The molecule has 0 bridgehead atoms. The van der Waals surface area contributed by atoms with Crippen LogP contribution in [0.1, 0.15) is 16.8 Å². The van der Waals surface area contributed by atoms with E-state index in [9.17, 15) is 4.79 Å². The highest BCUT2D eigenvalue weighted by Gasteiger charge is 2.06.